The molecule has 2 aromatic heterocycles. The summed E-state index contributed by atoms with van der Waals surface area (Å²) in [5.74, 6) is 0.540. The molecule has 0 radical (unpaired) electrons. The van der Waals surface area contributed by atoms with Crippen LogP contribution in [0.2, 0.25) is 0 Å². The maximum atomic E-state index is 11.9. The van der Waals surface area contributed by atoms with E-state index in [9.17, 15) is 14.9 Å². The zero-order valence-electron chi connectivity index (χ0n) is 12.9. The fourth-order valence-corrected chi connectivity index (χ4v) is 3.94. The van der Waals surface area contributed by atoms with Gasteiger partial charge < -0.3 is 4.57 Å². The number of likely N-dealkylation sites (tertiary alicyclic amines) is 1. The van der Waals surface area contributed by atoms with Crippen LogP contribution < -0.4 is 5.56 Å². The lowest BCUT2D eigenvalue weighted by Gasteiger charge is -2.21. The van der Waals surface area contributed by atoms with Crippen molar-refractivity contribution in [2.24, 2.45) is 0 Å². The molecule has 122 valence electrons. The van der Waals surface area contributed by atoms with Gasteiger partial charge in [0.25, 0.3) is 11.2 Å². The Bertz CT molecular complexity index is 741. The molecule has 0 aliphatic carbocycles. The van der Waals surface area contributed by atoms with Gasteiger partial charge in [-0.15, -0.1) is 0 Å². The summed E-state index contributed by atoms with van der Waals surface area (Å²) < 4.78 is 1.43. The van der Waals surface area contributed by atoms with Crippen molar-refractivity contribution >= 4 is 17.0 Å². The Kier molecular flexibility index (Phi) is 4.58. The number of rotatable bonds is 5. The molecule has 0 spiro atoms. The molecule has 2 unspecified atom stereocenters. The summed E-state index contributed by atoms with van der Waals surface area (Å²) in [5.41, 5.74) is 1.14. The van der Waals surface area contributed by atoms with E-state index in [1.54, 1.807) is 11.3 Å². The van der Waals surface area contributed by atoms with E-state index in [1.807, 2.05) is 0 Å². The highest BCUT2D eigenvalue weighted by atomic mass is 32.1. The zero-order valence-corrected chi connectivity index (χ0v) is 13.7. The van der Waals surface area contributed by atoms with Crippen molar-refractivity contribution in [1.82, 2.24) is 9.47 Å². The standard InChI is InChI=1S/C16H19N3O3S/c1-12-8-14(13-4-7-23-11-13)9-17(12)5-6-18-10-15(19(21)22)2-3-16(18)20/h2-4,7,10-12,14H,5-6,8-9H2,1H3. The Labute approximate surface area is 138 Å². The van der Waals surface area contributed by atoms with Crippen LogP contribution in [0.3, 0.4) is 0 Å². The van der Waals surface area contributed by atoms with E-state index < -0.39 is 4.92 Å². The van der Waals surface area contributed by atoms with Crippen molar-refractivity contribution in [2.75, 3.05) is 13.1 Å². The Morgan fingerprint density at radius 3 is 2.87 bits per heavy atom. The van der Waals surface area contributed by atoms with Gasteiger partial charge in [-0.2, -0.15) is 11.3 Å². The van der Waals surface area contributed by atoms with Crippen LogP contribution in [-0.2, 0) is 6.54 Å². The topological polar surface area (TPSA) is 68.4 Å². The van der Waals surface area contributed by atoms with Crippen LogP contribution in [0.25, 0.3) is 0 Å². The number of nitrogens with zero attached hydrogens (tertiary/aromatic N) is 3. The first kappa shape index (κ1) is 15.9. The molecule has 3 rings (SSSR count). The second-order valence-corrected chi connectivity index (χ2v) is 6.79. The summed E-state index contributed by atoms with van der Waals surface area (Å²) >= 11 is 1.72. The van der Waals surface area contributed by atoms with Gasteiger partial charge in [0.1, 0.15) is 0 Å². The van der Waals surface area contributed by atoms with Crippen molar-refractivity contribution in [3.05, 3.63) is 61.2 Å². The highest BCUT2D eigenvalue weighted by Gasteiger charge is 2.29. The molecule has 0 saturated carbocycles. The molecule has 0 amide bonds. The third-order valence-corrected chi connectivity index (χ3v) is 5.23. The van der Waals surface area contributed by atoms with E-state index >= 15 is 0 Å². The summed E-state index contributed by atoms with van der Waals surface area (Å²) in [5, 5.41) is 15.1. The van der Waals surface area contributed by atoms with Crippen LogP contribution >= 0.6 is 11.3 Å². The summed E-state index contributed by atoms with van der Waals surface area (Å²) in [6, 6.07) is 5.15. The number of aromatic nitrogens is 1. The molecule has 7 heteroatoms. The van der Waals surface area contributed by atoms with Crippen molar-refractivity contribution in [2.45, 2.75) is 31.8 Å². The molecule has 6 nitrogen and oxygen atoms in total. The minimum atomic E-state index is -0.471. The Morgan fingerprint density at radius 1 is 1.35 bits per heavy atom. The number of hydrogen-bond acceptors (Lipinski definition) is 5. The lowest BCUT2D eigenvalue weighted by Crippen LogP contribution is -2.33. The van der Waals surface area contributed by atoms with E-state index in [0.29, 0.717) is 18.5 Å². The van der Waals surface area contributed by atoms with Gasteiger partial charge in [0.05, 0.1) is 11.1 Å². The summed E-state index contributed by atoms with van der Waals surface area (Å²) in [4.78, 5) is 24.6. The average molecular weight is 333 g/mol. The Morgan fingerprint density at radius 2 is 2.17 bits per heavy atom. The van der Waals surface area contributed by atoms with Crippen molar-refractivity contribution in [3.8, 4) is 0 Å². The fraction of sp³-hybridized carbons (Fsp3) is 0.438. The molecular weight excluding hydrogens is 314 g/mol. The van der Waals surface area contributed by atoms with Gasteiger partial charge in [-0.05, 0) is 41.7 Å². The van der Waals surface area contributed by atoms with Crippen LogP contribution in [0, 0.1) is 10.1 Å². The van der Waals surface area contributed by atoms with E-state index in [-0.39, 0.29) is 11.2 Å². The fourth-order valence-electron chi connectivity index (χ4n) is 3.20. The summed E-state index contributed by atoms with van der Waals surface area (Å²) in [6.45, 7) is 4.37. The molecule has 0 N–H and O–H groups in total. The monoisotopic (exact) mass is 333 g/mol. The average Bonchev–Trinajstić information content (AvgIpc) is 3.16. The second-order valence-electron chi connectivity index (χ2n) is 6.01. The van der Waals surface area contributed by atoms with Crippen LogP contribution in [0.15, 0.2) is 40.0 Å². The third-order valence-electron chi connectivity index (χ3n) is 4.53. The van der Waals surface area contributed by atoms with Gasteiger partial charge in [0.15, 0.2) is 0 Å². The highest BCUT2D eigenvalue weighted by molar-refractivity contribution is 7.07. The molecule has 3 heterocycles. The van der Waals surface area contributed by atoms with Crippen molar-refractivity contribution in [1.29, 1.82) is 0 Å². The molecule has 0 aromatic carbocycles. The minimum absolute atomic E-state index is 0.0461. The Hall–Kier alpha value is -1.99. The first-order chi connectivity index (χ1) is 11.0. The molecule has 1 saturated heterocycles. The van der Waals surface area contributed by atoms with Gasteiger partial charge >= 0.3 is 0 Å². The van der Waals surface area contributed by atoms with Gasteiger partial charge in [-0.1, -0.05) is 0 Å². The number of thiophene rings is 1. The first-order valence-electron chi connectivity index (χ1n) is 7.65. The van der Waals surface area contributed by atoms with E-state index in [0.717, 1.165) is 19.5 Å². The molecule has 1 fully saturated rings. The normalized spacial score (nSPS) is 21.6. The zero-order chi connectivity index (χ0) is 16.4. The summed E-state index contributed by atoms with van der Waals surface area (Å²) in [6.07, 6.45) is 2.44. The maximum Gasteiger partial charge on any atom is 0.285 e. The lowest BCUT2D eigenvalue weighted by molar-refractivity contribution is -0.385. The van der Waals surface area contributed by atoms with Gasteiger partial charge in [0.2, 0.25) is 0 Å². The van der Waals surface area contributed by atoms with E-state index in [4.69, 9.17) is 0 Å². The highest BCUT2D eigenvalue weighted by Crippen LogP contribution is 2.32. The van der Waals surface area contributed by atoms with Crippen LogP contribution in [0.4, 0.5) is 5.69 Å². The van der Waals surface area contributed by atoms with Crippen molar-refractivity contribution < 1.29 is 4.92 Å². The molecule has 0 bridgehead atoms. The van der Waals surface area contributed by atoms with Gasteiger partial charge in [0, 0.05) is 37.8 Å². The summed E-state index contributed by atoms with van der Waals surface area (Å²) in [7, 11) is 0. The Balaban J connectivity index is 1.66. The van der Waals surface area contributed by atoms with E-state index in [2.05, 4.69) is 28.7 Å². The maximum absolute atomic E-state index is 11.9. The third kappa shape index (κ3) is 3.51. The quantitative estimate of drug-likeness (QED) is 0.623. The van der Waals surface area contributed by atoms with Crippen molar-refractivity contribution in [3.63, 3.8) is 0 Å². The molecular formula is C16H19N3O3S. The number of nitro groups is 1. The molecule has 2 atom stereocenters. The predicted octanol–water partition coefficient (Wildman–Crippen LogP) is 2.70. The predicted molar refractivity (Wildman–Crippen MR) is 90.1 cm³/mol. The molecule has 1 aliphatic rings. The minimum Gasteiger partial charge on any atom is -0.308 e. The molecule has 23 heavy (non-hydrogen) atoms. The first-order valence-corrected chi connectivity index (χ1v) is 8.60. The van der Waals surface area contributed by atoms with Crippen LogP contribution in [-0.4, -0.2) is 33.5 Å². The smallest absolute Gasteiger partial charge is 0.285 e. The SMILES string of the molecule is CC1CC(c2ccsc2)CN1CCn1cc([N+](=O)[O-])ccc1=O. The van der Waals surface area contributed by atoms with Gasteiger partial charge in [-0.25, -0.2) is 0 Å². The number of pyridine rings is 1. The van der Waals surface area contributed by atoms with Crippen LogP contribution in [0.1, 0.15) is 24.8 Å². The molecule has 1 aliphatic heterocycles. The number of hydrogen-bond donors (Lipinski definition) is 0. The van der Waals surface area contributed by atoms with Crippen LogP contribution in [0.5, 0.6) is 0 Å². The van der Waals surface area contributed by atoms with Gasteiger partial charge in [-0.3, -0.25) is 19.8 Å². The largest absolute Gasteiger partial charge is 0.308 e. The second kappa shape index (κ2) is 6.64. The van der Waals surface area contributed by atoms with E-state index in [1.165, 1.54) is 28.5 Å². The lowest BCUT2D eigenvalue weighted by atomic mass is 10.00. The molecule has 2 aromatic rings.